The molecule has 0 bridgehead atoms. The normalized spacial score (nSPS) is 14.7. The lowest BCUT2D eigenvalue weighted by Crippen LogP contribution is -2.21. The number of carboxylic acids is 1. The molecule has 0 aliphatic heterocycles. The van der Waals surface area contributed by atoms with E-state index in [1.807, 2.05) is 26.0 Å². The lowest BCUT2D eigenvalue weighted by atomic mass is 9.93. The van der Waals surface area contributed by atoms with Crippen LogP contribution in [0.5, 0.6) is 0 Å². The third kappa shape index (κ3) is 2.55. The Bertz CT molecular complexity index is 374. The van der Waals surface area contributed by atoms with Gasteiger partial charge in [-0.2, -0.15) is 0 Å². The van der Waals surface area contributed by atoms with Gasteiger partial charge in [0.25, 0.3) is 0 Å². The minimum atomic E-state index is -1.84. The largest absolute Gasteiger partial charge is 0.479 e. The second-order valence-corrected chi connectivity index (χ2v) is 3.87. The van der Waals surface area contributed by atoms with Crippen molar-refractivity contribution in [3.8, 4) is 0 Å². The van der Waals surface area contributed by atoms with E-state index < -0.39 is 18.1 Å². The molecule has 0 heterocycles. The predicted molar refractivity (Wildman–Crippen MR) is 56.9 cm³/mol. The van der Waals surface area contributed by atoms with Gasteiger partial charge in [0.1, 0.15) is 0 Å². The number of carboxylic acid groups (broad SMARTS) is 1. The molecule has 2 unspecified atom stereocenters. The molecular weight excluding hydrogens is 195 g/mol. The van der Waals surface area contributed by atoms with Crippen molar-refractivity contribution < 1.29 is 14.3 Å². The molecule has 1 aromatic carbocycles. The van der Waals surface area contributed by atoms with Crippen LogP contribution in [0.2, 0.25) is 0 Å². The van der Waals surface area contributed by atoms with Gasteiger partial charge in [0.2, 0.25) is 6.17 Å². The molecule has 0 aromatic heterocycles. The van der Waals surface area contributed by atoms with Gasteiger partial charge in [0.05, 0.1) is 0 Å². The Hall–Kier alpha value is -1.38. The summed E-state index contributed by atoms with van der Waals surface area (Å²) in [5.74, 6) is -2.01. The van der Waals surface area contributed by atoms with Crippen molar-refractivity contribution in [3.05, 3.63) is 34.9 Å². The van der Waals surface area contributed by atoms with Crippen LogP contribution < -0.4 is 0 Å². The topological polar surface area (TPSA) is 37.3 Å². The second-order valence-electron chi connectivity index (χ2n) is 3.87. The van der Waals surface area contributed by atoms with E-state index in [4.69, 9.17) is 5.11 Å². The minimum Gasteiger partial charge on any atom is -0.479 e. The molecule has 1 N–H and O–H groups in total. The number of hydrogen-bond donors (Lipinski definition) is 1. The summed E-state index contributed by atoms with van der Waals surface area (Å²) in [5, 5.41) is 8.56. The molecule has 2 atom stereocenters. The Morgan fingerprint density at radius 1 is 1.33 bits per heavy atom. The first-order valence-corrected chi connectivity index (χ1v) is 4.87. The van der Waals surface area contributed by atoms with Crippen LogP contribution in [0, 0.1) is 13.8 Å². The van der Waals surface area contributed by atoms with Crippen molar-refractivity contribution in [1.82, 2.24) is 0 Å². The highest BCUT2D eigenvalue weighted by Crippen LogP contribution is 2.23. The molecule has 0 amide bonds. The number of aryl methyl sites for hydroxylation is 2. The summed E-state index contributed by atoms with van der Waals surface area (Å²) in [5.41, 5.74) is 2.90. The van der Waals surface area contributed by atoms with Gasteiger partial charge in [-0.1, -0.05) is 25.1 Å². The molecule has 0 spiro atoms. The van der Waals surface area contributed by atoms with Gasteiger partial charge in [0, 0.05) is 5.92 Å². The molecule has 0 aliphatic rings. The van der Waals surface area contributed by atoms with Gasteiger partial charge in [-0.3, -0.25) is 0 Å². The average molecular weight is 210 g/mol. The fourth-order valence-corrected chi connectivity index (χ4v) is 1.43. The summed E-state index contributed by atoms with van der Waals surface area (Å²) < 4.78 is 13.2. The molecule has 0 saturated heterocycles. The van der Waals surface area contributed by atoms with Crippen LogP contribution in [0.3, 0.4) is 0 Å². The molecule has 0 aliphatic carbocycles. The summed E-state index contributed by atoms with van der Waals surface area (Å²) in [6.45, 7) is 5.48. The zero-order chi connectivity index (χ0) is 11.6. The summed E-state index contributed by atoms with van der Waals surface area (Å²) in [6.07, 6.45) is -1.84. The Morgan fingerprint density at radius 3 is 2.40 bits per heavy atom. The van der Waals surface area contributed by atoms with Gasteiger partial charge in [-0.15, -0.1) is 0 Å². The Kier molecular flexibility index (Phi) is 3.45. The smallest absolute Gasteiger partial charge is 0.338 e. The maximum Gasteiger partial charge on any atom is 0.338 e. The Balaban J connectivity index is 2.96. The number of alkyl halides is 1. The van der Waals surface area contributed by atoms with Gasteiger partial charge >= 0.3 is 5.97 Å². The van der Waals surface area contributed by atoms with E-state index in [2.05, 4.69) is 0 Å². The van der Waals surface area contributed by atoms with E-state index in [1.165, 1.54) is 0 Å². The molecular formula is C12H15FO2. The number of carbonyl (C=O) groups is 1. The molecule has 1 aromatic rings. The van der Waals surface area contributed by atoms with Gasteiger partial charge in [-0.05, 0) is 30.5 Å². The van der Waals surface area contributed by atoms with Crippen LogP contribution in [-0.2, 0) is 4.79 Å². The fraction of sp³-hybridized carbons (Fsp3) is 0.417. The molecule has 0 fully saturated rings. The predicted octanol–water partition coefficient (Wildman–Crippen LogP) is 2.83. The first-order valence-electron chi connectivity index (χ1n) is 4.87. The van der Waals surface area contributed by atoms with Gasteiger partial charge < -0.3 is 5.11 Å². The molecule has 2 nitrogen and oxygen atoms in total. The minimum absolute atomic E-state index is 0.609. The van der Waals surface area contributed by atoms with E-state index in [-0.39, 0.29) is 0 Å². The van der Waals surface area contributed by atoms with Gasteiger partial charge in [-0.25, -0.2) is 9.18 Å². The zero-order valence-electron chi connectivity index (χ0n) is 9.12. The maximum absolute atomic E-state index is 13.2. The third-order valence-electron chi connectivity index (χ3n) is 2.73. The van der Waals surface area contributed by atoms with Crippen LogP contribution in [0.1, 0.15) is 29.5 Å². The summed E-state index contributed by atoms with van der Waals surface area (Å²) >= 11 is 0. The average Bonchev–Trinajstić information content (AvgIpc) is 2.19. The molecule has 82 valence electrons. The Morgan fingerprint density at radius 2 is 1.93 bits per heavy atom. The van der Waals surface area contributed by atoms with E-state index in [9.17, 15) is 9.18 Å². The van der Waals surface area contributed by atoms with Crippen molar-refractivity contribution in [1.29, 1.82) is 0 Å². The maximum atomic E-state index is 13.2. The quantitative estimate of drug-likeness (QED) is 0.832. The molecule has 1 rings (SSSR count). The third-order valence-corrected chi connectivity index (χ3v) is 2.73. The van der Waals surface area contributed by atoms with E-state index in [1.54, 1.807) is 13.0 Å². The first-order chi connectivity index (χ1) is 6.93. The van der Waals surface area contributed by atoms with E-state index in [0.717, 1.165) is 16.7 Å². The van der Waals surface area contributed by atoms with Crippen molar-refractivity contribution in [2.24, 2.45) is 0 Å². The number of halogens is 1. The SMILES string of the molecule is Cc1ccc(C(C)C(F)C(=O)O)cc1C. The van der Waals surface area contributed by atoms with Crippen LogP contribution in [-0.4, -0.2) is 17.2 Å². The van der Waals surface area contributed by atoms with Crippen LogP contribution in [0.4, 0.5) is 4.39 Å². The summed E-state index contributed by atoms with van der Waals surface area (Å²) in [7, 11) is 0. The van der Waals surface area contributed by atoms with Crippen LogP contribution >= 0.6 is 0 Å². The zero-order valence-corrected chi connectivity index (χ0v) is 9.12. The van der Waals surface area contributed by atoms with Gasteiger partial charge in [0.15, 0.2) is 0 Å². The summed E-state index contributed by atoms with van der Waals surface area (Å²) in [6, 6.07) is 5.51. The van der Waals surface area contributed by atoms with Crippen molar-refractivity contribution in [2.75, 3.05) is 0 Å². The van der Waals surface area contributed by atoms with Crippen molar-refractivity contribution in [2.45, 2.75) is 32.9 Å². The molecule has 0 saturated carbocycles. The number of benzene rings is 1. The Labute approximate surface area is 88.7 Å². The second kappa shape index (κ2) is 4.43. The van der Waals surface area contributed by atoms with Crippen LogP contribution in [0.25, 0.3) is 0 Å². The number of hydrogen-bond acceptors (Lipinski definition) is 1. The van der Waals surface area contributed by atoms with Crippen molar-refractivity contribution in [3.63, 3.8) is 0 Å². The number of aliphatic carboxylic acids is 1. The molecule has 3 heteroatoms. The molecule has 0 radical (unpaired) electrons. The highest BCUT2D eigenvalue weighted by molar-refractivity contribution is 5.73. The van der Waals surface area contributed by atoms with E-state index in [0.29, 0.717) is 0 Å². The fourth-order valence-electron chi connectivity index (χ4n) is 1.43. The lowest BCUT2D eigenvalue weighted by molar-refractivity contribution is -0.143. The molecule has 15 heavy (non-hydrogen) atoms. The highest BCUT2D eigenvalue weighted by Gasteiger charge is 2.25. The summed E-state index contributed by atoms with van der Waals surface area (Å²) in [4.78, 5) is 10.5. The standard InChI is InChI=1S/C12H15FO2/c1-7-4-5-10(6-8(7)2)9(3)11(13)12(14)15/h4-6,9,11H,1-3H3,(H,14,15). The van der Waals surface area contributed by atoms with E-state index >= 15 is 0 Å². The highest BCUT2D eigenvalue weighted by atomic mass is 19.1. The first kappa shape index (κ1) is 11.7. The van der Waals surface area contributed by atoms with Crippen molar-refractivity contribution >= 4 is 5.97 Å². The lowest BCUT2D eigenvalue weighted by Gasteiger charge is -2.14. The number of rotatable bonds is 3. The monoisotopic (exact) mass is 210 g/mol. The van der Waals surface area contributed by atoms with Crippen LogP contribution in [0.15, 0.2) is 18.2 Å².